The molecule has 5 heteroatoms. The van der Waals surface area contributed by atoms with E-state index in [0.717, 1.165) is 95.2 Å². The Hall–Kier alpha value is -7.13. The molecular formula is C55H38N4Pt. The third kappa shape index (κ3) is 7.27. The SMILES string of the molecule is Cc1cnc(-c2[c-]c(N(c3[c-]c4c(cc3)c(-c3ccccc3)c(-c3ccccc3)n4-c3ccccn3)c3ccccc3-c3ccccc3)ccc2)cc1-c1ccccc1.[Pt+2]. The van der Waals surface area contributed by atoms with Gasteiger partial charge in [0.15, 0.2) is 0 Å². The summed E-state index contributed by atoms with van der Waals surface area (Å²) in [4.78, 5) is 12.1. The number of nitrogens with zero attached hydrogens (tertiary/aromatic N) is 4. The molecule has 288 valence electrons. The van der Waals surface area contributed by atoms with Crippen LogP contribution in [0.25, 0.3) is 72.6 Å². The average Bonchev–Trinajstić information content (AvgIpc) is 3.66. The molecule has 0 saturated heterocycles. The number of fused-ring (bicyclic) bond motifs is 1. The van der Waals surface area contributed by atoms with Gasteiger partial charge in [-0.1, -0.05) is 163 Å². The number of aryl methyl sites for hydroxylation is 1. The normalized spacial score (nSPS) is 10.9. The van der Waals surface area contributed by atoms with Crippen molar-refractivity contribution < 1.29 is 21.1 Å². The second kappa shape index (κ2) is 17.0. The Kier molecular flexibility index (Phi) is 10.9. The van der Waals surface area contributed by atoms with Crippen LogP contribution in [0.2, 0.25) is 0 Å². The number of anilines is 3. The van der Waals surface area contributed by atoms with Crippen molar-refractivity contribution in [2.24, 2.45) is 0 Å². The quantitative estimate of drug-likeness (QED) is 0.135. The Labute approximate surface area is 365 Å². The molecule has 0 atom stereocenters. The van der Waals surface area contributed by atoms with Gasteiger partial charge in [0.05, 0.1) is 5.69 Å². The van der Waals surface area contributed by atoms with Crippen LogP contribution in [0, 0.1) is 19.1 Å². The van der Waals surface area contributed by atoms with Gasteiger partial charge in [0.25, 0.3) is 0 Å². The van der Waals surface area contributed by atoms with E-state index in [1.807, 2.05) is 30.6 Å². The Bertz CT molecular complexity index is 3040. The van der Waals surface area contributed by atoms with Crippen LogP contribution in [0.1, 0.15) is 5.56 Å². The first kappa shape index (κ1) is 38.4. The maximum absolute atomic E-state index is 4.93. The summed E-state index contributed by atoms with van der Waals surface area (Å²) in [7, 11) is 0. The molecule has 10 rings (SSSR count). The summed E-state index contributed by atoms with van der Waals surface area (Å²) in [5.41, 5.74) is 15.5. The van der Waals surface area contributed by atoms with Gasteiger partial charge in [-0.25, -0.2) is 4.98 Å². The summed E-state index contributed by atoms with van der Waals surface area (Å²) in [5.74, 6) is 0.816. The van der Waals surface area contributed by atoms with Gasteiger partial charge in [-0.3, -0.25) is 0 Å². The number of para-hydroxylation sites is 1. The molecule has 0 saturated carbocycles. The van der Waals surface area contributed by atoms with Gasteiger partial charge in [-0.15, -0.1) is 47.3 Å². The van der Waals surface area contributed by atoms with Crippen LogP contribution in [0.5, 0.6) is 0 Å². The number of hydrogen-bond donors (Lipinski definition) is 0. The van der Waals surface area contributed by atoms with Crippen LogP contribution in [0.15, 0.2) is 213 Å². The number of hydrogen-bond acceptors (Lipinski definition) is 3. The summed E-state index contributed by atoms with van der Waals surface area (Å²) in [5, 5.41) is 1.08. The van der Waals surface area contributed by atoms with Gasteiger partial charge in [0, 0.05) is 23.7 Å². The fourth-order valence-corrected chi connectivity index (χ4v) is 8.07. The van der Waals surface area contributed by atoms with Crippen molar-refractivity contribution in [1.82, 2.24) is 14.5 Å². The molecule has 4 nitrogen and oxygen atoms in total. The van der Waals surface area contributed by atoms with Crippen LogP contribution in [-0.2, 0) is 21.1 Å². The minimum Gasteiger partial charge on any atom is -0.352 e. The second-order valence-electron chi connectivity index (χ2n) is 14.5. The van der Waals surface area contributed by atoms with Gasteiger partial charge in [-0.2, -0.15) is 6.07 Å². The third-order valence-electron chi connectivity index (χ3n) is 10.8. The monoisotopic (exact) mass is 949 g/mol. The molecule has 0 fully saturated rings. The van der Waals surface area contributed by atoms with E-state index >= 15 is 0 Å². The molecule has 3 aromatic heterocycles. The van der Waals surface area contributed by atoms with E-state index in [0.29, 0.717) is 0 Å². The Balaban J connectivity index is 0.00000462. The molecule has 10 aromatic rings. The summed E-state index contributed by atoms with van der Waals surface area (Å²) < 4.78 is 2.26. The van der Waals surface area contributed by atoms with Crippen molar-refractivity contribution in [3.63, 3.8) is 0 Å². The zero-order valence-electron chi connectivity index (χ0n) is 32.8. The van der Waals surface area contributed by atoms with Crippen molar-refractivity contribution in [2.45, 2.75) is 6.92 Å². The van der Waals surface area contributed by atoms with Gasteiger partial charge in [0.1, 0.15) is 5.82 Å². The summed E-state index contributed by atoms with van der Waals surface area (Å²) >= 11 is 0. The van der Waals surface area contributed by atoms with Crippen LogP contribution >= 0.6 is 0 Å². The van der Waals surface area contributed by atoms with Crippen molar-refractivity contribution in [1.29, 1.82) is 0 Å². The molecule has 0 aliphatic rings. The molecule has 0 aliphatic heterocycles. The van der Waals surface area contributed by atoms with Crippen molar-refractivity contribution in [3.05, 3.63) is 230 Å². The average molecular weight is 950 g/mol. The van der Waals surface area contributed by atoms with Crippen LogP contribution in [0.4, 0.5) is 17.1 Å². The zero-order chi connectivity index (χ0) is 39.5. The van der Waals surface area contributed by atoms with E-state index in [1.54, 1.807) is 0 Å². The summed E-state index contributed by atoms with van der Waals surface area (Å²) in [6, 6.07) is 77.6. The minimum atomic E-state index is 0. The molecule has 0 radical (unpaired) electrons. The fourth-order valence-electron chi connectivity index (χ4n) is 8.07. The van der Waals surface area contributed by atoms with E-state index in [2.05, 4.69) is 211 Å². The molecule has 3 heterocycles. The van der Waals surface area contributed by atoms with Crippen LogP contribution in [0.3, 0.4) is 0 Å². The Morgan fingerprint density at radius 2 is 1.10 bits per heavy atom. The largest absolute Gasteiger partial charge is 2.00 e. The standard InChI is InChI=1S/C55H38N4.Pt/c1-39-38-57-50(37-49(39)41-21-8-3-9-22-41)44-27-18-28-45(35-44)58(51-30-15-14-29-47(51)40-19-6-2-7-20-40)46-32-33-48-52(36-46)59(53-31-16-17-34-56-53)55(43-25-12-5-13-26-43)54(48)42-23-10-4-11-24-42;/h2-34,37-38H,1H3;/q-2;+2. The molecule has 0 bridgehead atoms. The van der Waals surface area contributed by atoms with Crippen molar-refractivity contribution in [3.8, 4) is 61.7 Å². The molecule has 0 spiro atoms. The number of aromatic nitrogens is 3. The Morgan fingerprint density at radius 3 is 1.78 bits per heavy atom. The van der Waals surface area contributed by atoms with Crippen molar-refractivity contribution in [2.75, 3.05) is 4.90 Å². The van der Waals surface area contributed by atoms with Gasteiger partial charge in [-0.05, 0) is 75.4 Å². The van der Waals surface area contributed by atoms with E-state index in [-0.39, 0.29) is 21.1 Å². The molecular weight excluding hydrogens is 912 g/mol. The fraction of sp³-hybridized carbons (Fsp3) is 0.0182. The van der Waals surface area contributed by atoms with E-state index in [9.17, 15) is 0 Å². The molecule has 0 unspecified atom stereocenters. The minimum absolute atomic E-state index is 0. The first-order valence-corrected chi connectivity index (χ1v) is 19.8. The van der Waals surface area contributed by atoms with Gasteiger partial charge in [0.2, 0.25) is 0 Å². The number of rotatable bonds is 9. The predicted molar refractivity (Wildman–Crippen MR) is 243 cm³/mol. The molecule has 0 aliphatic carbocycles. The second-order valence-corrected chi connectivity index (χ2v) is 14.5. The van der Waals surface area contributed by atoms with Gasteiger partial charge >= 0.3 is 21.1 Å². The van der Waals surface area contributed by atoms with Crippen molar-refractivity contribution >= 4 is 28.0 Å². The van der Waals surface area contributed by atoms with E-state index in [1.165, 1.54) is 0 Å². The molecule has 7 aromatic carbocycles. The maximum atomic E-state index is 4.93. The smallest absolute Gasteiger partial charge is 0.352 e. The Morgan fingerprint density at radius 1 is 0.500 bits per heavy atom. The summed E-state index contributed by atoms with van der Waals surface area (Å²) in [6.45, 7) is 2.11. The molecule has 0 amide bonds. The van der Waals surface area contributed by atoms with Gasteiger partial charge < -0.3 is 14.5 Å². The topological polar surface area (TPSA) is 34.0 Å². The number of pyridine rings is 2. The first-order valence-electron chi connectivity index (χ1n) is 19.8. The van der Waals surface area contributed by atoms with E-state index < -0.39 is 0 Å². The van der Waals surface area contributed by atoms with Crippen LogP contribution in [-0.4, -0.2) is 14.5 Å². The summed E-state index contributed by atoms with van der Waals surface area (Å²) in [6.07, 6.45) is 3.82. The molecule has 0 N–H and O–H groups in total. The zero-order valence-corrected chi connectivity index (χ0v) is 35.1. The third-order valence-corrected chi connectivity index (χ3v) is 10.8. The molecule has 60 heavy (non-hydrogen) atoms. The first-order chi connectivity index (χ1) is 29.2. The van der Waals surface area contributed by atoms with E-state index in [4.69, 9.17) is 9.97 Å². The predicted octanol–water partition coefficient (Wildman–Crippen LogP) is 14.1. The van der Waals surface area contributed by atoms with Crippen LogP contribution < -0.4 is 4.90 Å². The number of benzene rings is 7. The maximum Gasteiger partial charge on any atom is 2.00 e.